The van der Waals surface area contributed by atoms with Crippen molar-refractivity contribution in [3.63, 3.8) is 0 Å². The summed E-state index contributed by atoms with van der Waals surface area (Å²) in [6.07, 6.45) is 1.52. The maximum absolute atomic E-state index is 13.1. The molecule has 1 aromatic heterocycles. The number of hydrogen-bond acceptors (Lipinski definition) is 3. The van der Waals surface area contributed by atoms with E-state index in [1.165, 1.54) is 23.5 Å². The maximum Gasteiger partial charge on any atom is 0.265 e. The Hall–Kier alpha value is -2.99. The average Bonchev–Trinajstić information content (AvgIpc) is 3.33. The molecule has 0 saturated carbocycles. The first-order chi connectivity index (χ1) is 13.6. The van der Waals surface area contributed by atoms with Gasteiger partial charge in [0, 0.05) is 30.1 Å². The standard InChI is InChI=1S/C22H19FN2O2S/c23-17-8-6-16(7-9-17)19-10-11-20(28-19)22(27)24-18-4-1-3-15(13-18)14-25-12-2-5-21(25)26/h1,3-4,6-11,13H,2,5,12,14H2,(H,24,27). The van der Waals surface area contributed by atoms with E-state index < -0.39 is 0 Å². The number of benzene rings is 2. The Morgan fingerprint density at radius 3 is 2.68 bits per heavy atom. The fourth-order valence-electron chi connectivity index (χ4n) is 3.26. The molecule has 4 nitrogen and oxygen atoms in total. The number of rotatable bonds is 5. The first kappa shape index (κ1) is 18.4. The van der Waals surface area contributed by atoms with E-state index in [1.54, 1.807) is 18.2 Å². The summed E-state index contributed by atoms with van der Waals surface area (Å²) >= 11 is 1.36. The van der Waals surface area contributed by atoms with Gasteiger partial charge in [-0.15, -0.1) is 11.3 Å². The number of nitrogens with one attached hydrogen (secondary N) is 1. The summed E-state index contributed by atoms with van der Waals surface area (Å²) in [5, 5.41) is 2.92. The predicted octanol–water partition coefficient (Wildman–Crippen LogP) is 4.93. The molecule has 1 aliphatic heterocycles. The highest BCUT2D eigenvalue weighted by Crippen LogP contribution is 2.29. The van der Waals surface area contributed by atoms with Crippen LogP contribution in [0.25, 0.3) is 10.4 Å². The third-order valence-corrected chi connectivity index (χ3v) is 5.82. The number of nitrogens with zero attached hydrogens (tertiary/aromatic N) is 1. The summed E-state index contributed by atoms with van der Waals surface area (Å²) in [7, 11) is 0. The van der Waals surface area contributed by atoms with Crippen LogP contribution in [-0.2, 0) is 11.3 Å². The SMILES string of the molecule is O=C(Nc1cccc(CN2CCCC2=O)c1)c1ccc(-c2ccc(F)cc2)s1. The molecule has 1 N–H and O–H groups in total. The van der Waals surface area contributed by atoms with Crippen LogP contribution < -0.4 is 5.32 Å². The van der Waals surface area contributed by atoms with Gasteiger partial charge in [-0.2, -0.15) is 0 Å². The molecule has 0 atom stereocenters. The molecule has 3 aromatic rings. The Morgan fingerprint density at radius 1 is 1.11 bits per heavy atom. The van der Waals surface area contributed by atoms with Crippen LogP contribution in [0.2, 0.25) is 0 Å². The topological polar surface area (TPSA) is 49.4 Å². The number of halogens is 1. The van der Waals surface area contributed by atoms with E-state index in [1.807, 2.05) is 35.2 Å². The van der Waals surface area contributed by atoms with Crippen molar-refractivity contribution in [1.82, 2.24) is 4.90 Å². The second kappa shape index (κ2) is 7.94. The lowest BCUT2D eigenvalue weighted by Crippen LogP contribution is -2.23. The summed E-state index contributed by atoms with van der Waals surface area (Å²) in [6.45, 7) is 1.35. The number of carbonyl (C=O) groups is 2. The highest BCUT2D eigenvalue weighted by Gasteiger charge is 2.20. The minimum absolute atomic E-state index is 0.182. The van der Waals surface area contributed by atoms with E-state index in [2.05, 4.69) is 5.32 Å². The summed E-state index contributed by atoms with van der Waals surface area (Å²) < 4.78 is 13.1. The lowest BCUT2D eigenvalue weighted by Gasteiger charge is -2.16. The molecule has 1 fully saturated rings. The van der Waals surface area contributed by atoms with Crippen LogP contribution in [0.15, 0.2) is 60.7 Å². The van der Waals surface area contributed by atoms with E-state index in [0.29, 0.717) is 23.5 Å². The van der Waals surface area contributed by atoms with Gasteiger partial charge in [-0.05, 0) is 53.9 Å². The largest absolute Gasteiger partial charge is 0.338 e. The molecule has 1 saturated heterocycles. The first-order valence-electron chi connectivity index (χ1n) is 9.12. The van der Waals surface area contributed by atoms with Crippen molar-refractivity contribution in [1.29, 1.82) is 0 Å². The Labute approximate surface area is 166 Å². The van der Waals surface area contributed by atoms with Crippen molar-refractivity contribution < 1.29 is 14.0 Å². The van der Waals surface area contributed by atoms with Gasteiger partial charge in [0.15, 0.2) is 0 Å². The van der Waals surface area contributed by atoms with Gasteiger partial charge in [0.2, 0.25) is 5.91 Å². The fourth-order valence-corrected chi connectivity index (χ4v) is 4.17. The van der Waals surface area contributed by atoms with E-state index in [0.717, 1.165) is 29.0 Å². The Morgan fingerprint density at radius 2 is 1.93 bits per heavy atom. The molecule has 1 aliphatic rings. The zero-order valence-corrected chi connectivity index (χ0v) is 16.0. The van der Waals surface area contributed by atoms with Crippen molar-refractivity contribution >= 4 is 28.8 Å². The van der Waals surface area contributed by atoms with E-state index in [9.17, 15) is 14.0 Å². The summed E-state index contributed by atoms with van der Waals surface area (Å²) in [5.74, 6) is -0.289. The van der Waals surface area contributed by atoms with Crippen LogP contribution in [0.4, 0.5) is 10.1 Å². The van der Waals surface area contributed by atoms with Gasteiger partial charge < -0.3 is 10.2 Å². The molecule has 142 valence electrons. The highest BCUT2D eigenvalue weighted by atomic mass is 32.1. The van der Waals surface area contributed by atoms with Gasteiger partial charge in [-0.1, -0.05) is 24.3 Å². The monoisotopic (exact) mass is 394 g/mol. The first-order valence-corrected chi connectivity index (χ1v) is 9.94. The normalized spacial score (nSPS) is 13.8. The van der Waals surface area contributed by atoms with Crippen LogP contribution in [0.3, 0.4) is 0 Å². The van der Waals surface area contributed by atoms with Crippen LogP contribution in [0, 0.1) is 5.82 Å². The lowest BCUT2D eigenvalue weighted by atomic mass is 10.2. The van der Waals surface area contributed by atoms with Gasteiger partial charge in [0.05, 0.1) is 4.88 Å². The molecule has 0 bridgehead atoms. The van der Waals surface area contributed by atoms with Gasteiger partial charge in [0.25, 0.3) is 5.91 Å². The Kier molecular flexibility index (Phi) is 5.21. The van der Waals surface area contributed by atoms with Crippen molar-refractivity contribution in [2.75, 3.05) is 11.9 Å². The molecule has 0 unspecified atom stereocenters. The fraction of sp³-hybridized carbons (Fsp3) is 0.182. The number of hydrogen-bond donors (Lipinski definition) is 1. The van der Waals surface area contributed by atoms with Gasteiger partial charge >= 0.3 is 0 Å². The Balaban J connectivity index is 1.44. The molecular formula is C22H19FN2O2S. The number of thiophene rings is 1. The second-order valence-corrected chi connectivity index (χ2v) is 7.83. The van der Waals surface area contributed by atoms with Gasteiger partial charge in [0.1, 0.15) is 5.82 Å². The third kappa shape index (κ3) is 4.12. The highest BCUT2D eigenvalue weighted by molar-refractivity contribution is 7.17. The quantitative estimate of drug-likeness (QED) is 0.667. The van der Waals surface area contributed by atoms with Crippen LogP contribution in [-0.4, -0.2) is 23.3 Å². The summed E-state index contributed by atoms with van der Waals surface area (Å²) in [4.78, 5) is 27.7. The summed E-state index contributed by atoms with van der Waals surface area (Å²) in [6, 6.07) is 17.4. The van der Waals surface area contributed by atoms with Crippen molar-refractivity contribution in [2.24, 2.45) is 0 Å². The van der Waals surface area contributed by atoms with Crippen molar-refractivity contribution in [3.8, 4) is 10.4 Å². The van der Waals surface area contributed by atoms with Crippen LogP contribution in [0.5, 0.6) is 0 Å². The second-order valence-electron chi connectivity index (χ2n) is 6.74. The minimum Gasteiger partial charge on any atom is -0.338 e. The summed E-state index contributed by atoms with van der Waals surface area (Å²) in [5.41, 5.74) is 2.57. The zero-order chi connectivity index (χ0) is 19.5. The molecule has 2 amide bonds. The molecular weight excluding hydrogens is 375 g/mol. The predicted molar refractivity (Wildman–Crippen MR) is 109 cm³/mol. The van der Waals surface area contributed by atoms with E-state index in [4.69, 9.17) is 0 Å². The molecule has 28 heavy (non-hydrogen) atoms. The molecule has 6 heteroatoms. The van der Waals surface area contributed by atoms with E-state index in [-0.39, 0.29) is 17.6 Å². The van der Waals surface area contributed by atoms with Gasteiger partial charge in [-0.25, -0.2) is 4.39 Å². The molecule has 4 rings (SSSR count). The molecule has 2 heterocycles. The minimum atomic E-state index is -0.284. The average molecular weight is 394 g/mol. The molecule has 0 spiro atoms. The van der Waals surface area contributed by atoms with E-state index >= 15 is 0 Å². The number of anilines is 1. The van der Waals surface area contributed by atoms with Crippen LogP contribution in [0.1, 0.15) is 28.1 Å². The molecule has 0 aliphatic carbocycles. The lowest BCUT2D eigenvalue weighted by molar-refractivity contribution is -0.128. The van der Waals surface area contributed by atoms with Gasteiger partial charge in [-0.3, -0.25) is 9.59 Å². The maximum atomic E-state index is 13.1. The van der Waals surface area contributed by atoms with Crippen LogP contribution >= 0.6 is 11.3 Å². The Bertz CT molecular complexity index is 1010. The number of likely N-dealkylation sites (tertiary alicyclic amines) is 1. The number of carbonyl (C=O) groups excluding carboxylic acids is 2. The third-order valence-electron chi connectivity index (χ3n) is 4.69. The van der Waals surface area contributed by atoms with Crippen molar-refractivity contribution in [2.45, 2.75) is 19.4 Å². The number of amides is 2. The molecule has 0 radical (unpaired) electrons. The smallest absolute Gasteiger partial charge is 0.265 e. The van der Waals surface area contributed by atoms with Crippen molar-refractivity contribution in [3.05, 3.63) is 76.9 Å². The zero-order valence-electron chi connectivity index (χ0n) is 15.2. The molecule has 2 aromatic carbocycles.